The number of rotatable bonds is 7. The molecule has 6 heteroatoms. The predicted molar refractivity (Wildman–Crippen MR) is 126 cm³/mol. The lowest BCUT2D eigenvalue weighted by Gasteiger charge is -2.27. The van der Waals surface area contributed by atoms with Gasteiger partial charge < -0.3 is 15.2 Å². The first-order valence-electron chi connectivity index (χ1n) is 10.0. The number of benzene rings is 1. The molecule has 1 aliphatic rings. The van der Waals surface area contributed by atoms with E-state index < -0.39 is 0 Å². The molecule has 2 N–H and O–H groups in total. The van der Waals surface area contributed by atoms with E-state index in [9.17, 15) is 0 Å². The van der Waals surface area contributed by atoms with Crippen molar-refractivity contribution in [2.45, 2.75) is 39.2 Å². The molecule has 0 aliphatic carbocycles. The summed E-state index contributed by atoms with van der Waals surface area (Å²) in [5.74, 6) is 1.05. The number of hydrogen-bond donors (Lipinski definition) is 2. The lowest BCUT2D eigenvalue weighted by molar-refractivity contribution is 0.223. The Morgan fingerprint density at radius 3 is 2.81 bits per heavy atom. The number of fused-ring (bicyclic) bond motifs is 1. The minimum Gasteiger partial charge on any atom is -0.361 e. The Balaban J connectivity index is 0.00000261. The van der Waals surface area contributed by atoms with Crippen LogP contribution in [0.1, 0.15) is 32.3 Å². The zero-order valence-electron chi connectivity index (χ0n) is 16.9. The minimum atomic E-state index is 0. The van der Waals surface area contributed by atoms with Crippen LogP contribution in [0.4, 0.5) is 0 Å². The van der Waals surface area contributed by atoms with Crippen molar-refractivity contribution >= 4 is 40.8 Å². The van der Waals surface area contributed by atoms with E-state index in [1.54, 1.807) is 0 Å². The van der Waals surface area contributed by atoms with Crippen LogP contribution in [0.25, 0.3) is 10.9 Å². The Morgan fingerprint density at radius 2 is 2.07 bits per heavy atom. The molecule has 0 spiro atoms. The highest BCUT2D eigenvalue weighted by molar-refractivity contribution is 14.0. The number of aryl methyl sites for hydroxylation is 1. The van der Waals surface area contributed by atoms with Crippen LogP contribution in [0.15, 0.2) is 35.5 Å². The van der Waals surface area contributed by atoms with Crippen LogP contribution in [-0.2, 0) is 6.42 Å². The Hall–Kier alpha value is -1.28. The van der Waals surface area contributed by atoms with E-state index in [0.717, 1.165) is 51.5 Å². The van der Waals surface area contributed by atoms with E-state index in [4.69, 9.17) is 0 Å². The molecule has 0 bridgehead atoms. The average molecular weight is 483 g/mol. The molecule has 0 radical (unpaired) electrons. The number of likely N-dealkylation sites (N-methyl/N-ethyl adjacent to an activating group) is 1. The number of nitrogens with one attached hydrogen (secondary N) is 2. The number of hydrogen-bond acceptors (Lipinski definition) is 2. The first-order valence-corrected chi connectivity index (χ1v) is 10.0. The van der Waals surface area contributed by atoms with Crippen LogP contribution >= 0.6 is 24.0 Å². The first-order chi connectivity index (χ1) is 12.8. The van der Waals surface area contributed by atoms with Crippen molar-refractivity contribution < 1.29 is 0 Å². The Bertz CT molecular complexity index is 722. The van der Waals surface area contributed by atoms with Gasteiger partial charge in [0.1, 0.15) is 0 Å². The average Bonchev–Trinajstić information content (AvgIpc) is 3.31. The smallest absolute Gasteiger partial charge is 0.193 e. The number of para-hydroxylation sites is 1. The van der Waals surface area contributed by atoms with Gasteiger partial charge in [0.05, 0.1) is 0 Å². The summed E-state index contributed by atoms with van der Waals surface area (Å²) in [5, 5.41) is 4.91. The third-order valence-corrected chi connectivity index (χ3v) is 5.58. The number of nitrogens with zero attached hydrogens (tertiary/aromatic N) is 3. The number of guanidine groups is 1. The largest absolute Gasteiger partial charge is 0.361 e. The van der Waals surface area contributed by atoms with Gasteiger partial charge in [-0.2, -0.15) is 0 Å². The second-order valence-corrected chi connectivity index (χ2v) is 7.05. The maximum Gasteiger partial charge on any atom is 0.193 e. The van der Waals surface area contributed by atoms with Crippen molar-refractivity contribution in [2.75, 3.05) is 39.8 Å². The predicted octanol–water partition coefficient (Wildman–Crippen LogP) is 3.71. The van der Waals surface area contributed by atoms with Crippen LogP contribution < -0.4 is 5.32 Å². The lowest BCUT2D eigenvalue weighted by atomic mass is 10.1. The molecular formula is C21H34IN5. The van der Waals surface area contributed by atoms with Crippen molar-refractivity contribution in [1.29, 1.82) is 0 Å². The number of aromatic nitrogens is 1. The molecule has 150 valence electrons. The highest BCUT2D eigenvalue weighted by atomic mass is 127. The number of halogens is 1. The van der Waals surface area contributed by atoms with Gasteiger partial charge in [-0.1, -0.05) is 32.0 Å². The third kappa shape index (κ3) is 5.38. The molecule has 2 heterocycles. The summed E-state index contributed by atoms with van der Waals surface area (Å²) in [6.45, 7) is 9.91. The fourth-order valence-electron chi connectivity index (χ4n) is 4.12. The van der Waals surface area contributed by atoms with Crippen molar-refractivity contribution in [3.8, 4) is 0 Å². The highest BCUT2D eigenvalue weighted by Gasteiger charge is 2.27. The monoisotopic (exact) mass is 483 g/mol. The van der Waals surface area contributed by atoms with Gasteiger partial charge in [0, 0.05) is 49.8 Å². The van der Waals surface area contributed by atoms with E-state index in [-0.39, 0.29) is 24.0 Å². The molecule has 1 fully saturated rings. The first kappa shape index (κ1) is 22.0. The van der Waals surface area contributed by atoms with Gasteiger partial charge in [-0.15, -0.1) is 24.0 Å². The quantitative estimate of drug-likeness (QED) is 0.273. The van der Waals surface area contributed by atoms with Crippen molar-refractivity contribution in [3.63, 3.8) is 0 Å². The summed E-state index contributed by atoms with van der Waals surface area (Å²) in [6, 6.07) is 9.19. The number of likely N-dealkylation sites (tertiary alicyclic amines) is 1. The SMILES string of the molecule is CCN(CC)C1CCN(C(=NC)NCCCc2c[nH]c3ccccc23)C1.I. The lowest BCUT2D eigenvalue weighted by Crippen LogP contribution is -2.43. The molecule has 5 nitrogen and oxygen atoms in total. The molecule has 1 saturated heterocycles. The highest BCUT2D eigenvalue weighted by Crippen LogP contribution is 2.19. The molecule has 0 saturated carbocycles. The molecule has 1 aromatic heterocycles. The minimum absolute atomic E-state index is 0. The topological polar surface area (TPSA) is 46.7 Å². The zero-order chi connectivity index (χ0) is 18.4. The molecule has 3 rings (SSSR count). The number of aliphatic imine (C=N–C) groups is 1. The van der Waals surface area contributed by atoms with Gasteiger partial charge in [-0.05, 0) is 44.0 Å². The summed E-state index contributed by atoms with van der Waals surface area (Å²) in [7, 11) is 1.90. The second kappa shape index (κ2) is 10.9. The summed E-state index contributed by atoms with van der Waals surface area (Å²) in [5.41, 5.74) is 2.63. The van der Waals surface area contributed by atoms with Crippen LogP contribution in [0.3, 0.4) is 0 Å². The van der Waals surface area contributed by atoms with Gasteiger partial charge in [-0.3, -0.25) is 9.89 Å². The van der Waals surface area contributed by atoms with E-state index >= 15 is 0 Å². The normalized spacial score (nSPS) is 17.6. The molecular weight excluding hydrogens is 449 g/mol. The summed E-state index contributed by atoms with van der Waals surface area (Å²) in [6.07, 6.45) is 5.57. The second-order valence-electron chi connectivity index (χ2n) is 7.05. The van der Waals surface area contributed by atoms with Gasteiger partial charge in [0.25, 0.3) is 0 Å². The summed E-state index contributed by atoms with van der Waals surface area (Å²) in [4.78, 5) is 12.8. The summed E-state index contributed by atoms with van der Waals surface area (Å²) < 4.78 is 0. The standard InChI is InChI=1S/C21H33N5.HI/c1-4-25(5-2)18-12-14-26(16-18)21(22-3)23-13-8-9-17-15-24-20-11-7-6-10-19(17)20;/h6-7,10-11,15,18,24H,4-5,8-9,12-14,16H2,1-3H3,(H,22,23);1H. The van der Waals surface area contributed by atoms with E-state index in [1.807, 2.05) is 7.05 Å². The van der Waals surface area contributed by atoms with Crippen LogP contribution in [-0.4, -0.2) is 66.6 Å². The van der Waals surface area contributed by atoms with Gasteiger partial charge >= 0.3 is 0 Å². The molecule has 2 aromatic rings. The molecule has 1 unspecified atom stereocenters. The fraction of sp³-hybridized carbons (Fsp3) is 0.571. The van der Waals surface area contributed by atoms with E-state index in [2.05, 4.69) is 69.4 Å². The van der Waals surface area contributed by atoms with E-state index in [1.165, 1.54) is 22.9 Å². The Morgan fingerprint density at radius 1 is 1.30 bits per heavy atom. The van der Waals surface area contributed by atoms with Crippen LogP contribution in [0.5, 0.6) is 0 Å². The van der Waals surface area contributed by atoms with Crippen molar-refractivity contribution in [2.24, 2.45) is 4.99 Å². The molecule has 1 atom stereocenters. The molecule has 0 amide bonds. The van der Waals surface area contributed by atoms with Gasteiger partial charge in [0.2, 0.25) is 0 Å². The zero-order valence-corrected chi connectivity index (χ0v) is 19.2. The van der Waals surface area contributed by atoms with Gasteiger partial charge in [-0.25, -0.2) is 0 Å². The fourth-order valence-corrected chi connectivity index (χ4v) is 4.12. The van der Waals surface area contributed by atoms with E-state index in [0.29, 0.717) is 6.04 Å². The molecule has 1 aromatic carbocycles. The maximum atomic E-state index is 4.51. The molecule has 27 heavy (non-hydrogen) atoms. The van der Waals surface area contributed by atoms with Crippen molar-refractivity contribution in [1.82, 2.24) is 20.1 Å². The summed E-state index contributed by atoms with van der Waals surface area (Å²) >= 11 is 0. The van der Waals surface area contributed by atoms with Crippen LogP contribution in [0.2, 0.25) is 0 Å². The van der Waals surface area contributed by atoms with Crippen LogP contribution in [0, 0.1) is 0 Å². The number of aromatic amines is 1. The molecule has 1 aliphatic heterocycles. The Labute approximate surface area is 180 Å². The van der Waals surface area contributed by atoms with Gasteiger partial charge in [0.15, 0.2) is 5.96 Å². The Kier molecular flexibility index (Phi) is 8.89. The number of H-pyrrole nitrogens is 1. The van der Waals surface area contributed by atoms with Crippen molar-refractivity contribution in [3.05, 3.63) is 36.0 Å². The third-order valence-electron chi connectivity index (χ3n) is 5.58. The maximum absolute atomic E-state index is 4.51.